The van der Waals surface area contributed by atoms with E-state index in [4.69, 9.17) is 5.73 Å². The molecule has 3 nitrogen and oxygen atoms in total. The lowest BCUT2D eigenvalue weighted by Crippen LogP contribution is -2.35. The summed E-state index contributed by atoms with van der Waals surface area (Å²) in [7, 11) is 1.77. The molecular formula is C16H17BrN2O. The highest BCUT2D eigenvalue weighted by atomic mass is 79.9. The zero-order valence-corrected chi connectivity index (χ0v) is 12.9. The van der Waals surface area contributed by atoms with Crippen molar-refractivity contribution in [2.24, 2.45) is 5.73 Å². The first-order valence-electron chi connectivity index (χ1n) is 6.38. The molecule has 2 N–H and O–H groups in total. The number of carbonyl (C=O) groups excluding carboxylic acids is 1. The van der Waals surface area contributed by atoms with Gasteiger partial charge in [-0.1, -0.05) is 58.4 Å². The minimum Gasteiger partial charge on any atom is -0.340 e. The molecule has 2 aromatic carbocycles. The summed E-state index contributed by atoms with van der Waals surface area (Å²) < 4.78 is 1.02. The molecule has 2 rings (SSSR count). The van der Waals surface area contributed by atoms with Gasteiger partial charge >= 0.3 is 0 Å². The number of likely N-dealkylation sites (N-methyl/N-ethyl adjacent to an activating group) is 1. The number of nitrogens with two attached hydrogens (primary N) is 1. The molecule has 0 saturated heterocycles. The monoisotopic (exact) mass is 332 g/mol. The molecule has 104 valence electrons. The summed E-state index contributed by atoms with van der Waals surface area (Å²) in [5.41, 5.74) is 7.93. The van der Waals surface area contributed by atoms with Gasteiger partial charge in [-0.2, -0.15) is 0 Å². The zero-order chi connectivity index (χ0) is 14.5. The Kier molecular flexibility index (Phi) is 4.93. The molecule has 0 aliphatic rings. The predicted octanol–water partition coefficient (Wildman–Crippen LogP) is 3.11. The second-order valence-electron chi connectivity index (χ2n) is 4.71. The molecule has 0 heterocycles. The van der Waals surface area contributed by atoms with Crippen molar-refractivity contribution < 1.29 is 4.79 Å². The van der Waals surface area contributed by atoms with E-state index in [2.05, 4.69) is 15.9 Å². The topological polar surface area (TPSA) is 46.3 Å². The van der Waals surface area contributed by atoms with E-state index in [9.17, 15) is 4.79 Å². The Hall–Kier alpha value is -1.65. The van der Waals surface area contributed by atoms with Crippen LogP contribution in [0.4, 0.5) is 0 Å². The van der Waals surface area contributed by atoms with E-state index >= 15 is 0 Å². The second-order valence-corrected chi connectivity index (χ2v) is 5.62. The molecule has 0 fully saturated rings. The molecular weight excluding hydrogens is 316 g/mol. The van der Waals surface area contributed by atoms with Crippen LogP contribution in [0.5, 0.6) is 0 Å². The van der Waals surface area contributed by atoms with Gasteiger partial charge in [0.1, 0.15) is 6.04 Å². The van der Waals surface area contributed by atoms with Crippen molar-refractivity contribution in [2.45, 2.75) is 12.6 Å². The lowest BCUT2D eigenvalue weighted by atomic mass is 10.1. The molecule has 0 spiro atoms. The van der Waals surface area contributed by atoms with E-state index in [0.29, 0.717) is 6.54 Å². The molecule has 2 aromatic rings. The largest absolute Gasteiger partial charge is 0.340 e. The van der Waals surface area contributed by atoms with Gasteiger partial charge in [-0.25, -0.2) is 0 Å². The molecule has 1 amide bonds. The maximum absolute atomic E-state index is 12.3. The average molecular weight is 333 g/mol. The summed E-state index contributed by atoms with van der Waals surface area (Å²) in [6.07, 6.45) is 0. The Balaban J connectivity index is 2.03. The maximum atomic E-state index is 12.3. The van der Waals surface area contributed by atoms with Gasteiger partial charge in [-0.05, 0) is 23.3 Å². The van der Waals surface area contributed by atoms with Crippen molar-refractivity contribution in [3.63, 3.8) is 0 Å². The van der Waals surface area contributed by atoms with Crippen molar-refractivity contribution in [1.82, 2.24) is 4.90 Å². The van der Waals surface area contributed by atoms with Crippen LogP contribution in [0.15, 0.2) is 59.1 Å². The van der Waals surface area contributed by atoms with Crippen LogP contribution in [0.1, 0.15) is 17.2 Å². The van der Waals surface area contributed by atoms with Gasteiger partial charge in [0.05, 0.1) is 0 Å². The van der Waals surface area contributed by atoms with E-state index in [1.807, 2.05) is 54.6 Å². The fourth-order valence-electron chi connectivity index (χ4n) is 1.98. The first kappa shape index (κ1) is 14.8. The zero-order valence-electron chi connectivity index (χ0n) is 11.3. The molecule has 0 aliphatic carbocycles. The fourth-order valence-corrected chi connectivity index (χ4v) is 2.25. The van der Waals surface area contributed by atoms with Crippen LogP contribution in [0.2, 0.25) is 0 Å². The Morgan fingerprint density at radius 2 is 1.75 bits per heavy atom. The van der Waals surface area contributed by atoms with E-state index < -0.39 is 6.04 Å². The van der Waals surface area contributed by atoms with Crippen LogP contribution in [-0.4, -0.2) is 17.9 Å². The summed E-state index contributed by atoms with van der Waals surface area (Å²) >= 11 is 3.39. The first-order chi connectivity index (χ1) is 9.58. The Bertz CT molecular complexity index is 569. The number of halogens is 1. The third-order valence-corrected chi connectivity index (χ3v) is 3.66. The molecule has 0 aliphatic heterocycles. The van der Waals surface area contributed by atoms with Crippen molar-refractivity contribution >= 4 is 21.8 Å². The number of rotatable bonds is 4. The van der Waals surface area contributed by atoms with Gasteiger partial charge in [0.2, 0.25) is 5.91 Å². The van der Waals surface area contributed by atoms with E-state index in [-0.39, 0.29) is 5.91 Å². The number of nitrogens with zero attached hydrogens (tertiary/aromatic N) is 1. The van der Waals surface area contributed by atoms with Crippen LogP contribution in [0.3, 0.4) is 0 Å². The van der Waals surface area contributed by atoms with Crippen molar-refractivity contribution in [3.05, 3.63) is 70.2 Å². The van der Waals surface area contributed by atoms with Crippen LogP contribution in [0, 0.1) is 0 Å². The standard InChI is InChI=1S/C16H17BrN2O/c1-19(11-12-7-9-14(17)10-8-12)16(20)15(18)13-5-3-2-4-6-13/h2-10,15H,11,18H2,1H3/t15-/m0/s1. The molecule has 0 aromatic heterocycles. The van der Waals surface area contributed by atoms with Crippen LogP contribution >= 0.6 is 15.9 Å². The van der Waals surface area contributed by atoms with Gasteiger partial charge < -0.3 is 10.6 Å². The molecule has 4 heteroatoms. The number of hydrogen-bond acceptors (Lipinski definition) is 2. The smallest absolute Gasteiger partial charge is 0.244 e. The average Bonchev–Trinajstić information content (AvgIpc) is 2.49. The lowest BCUT2D eigenvalue weighted by molar-refractivity contribution is -0.131. The second kappa shape index (κ2) is 6.68. The highest BCUT2D eigenvalue weighted by Crippen LogP contribution is 2.15. The predicted molar refractivity (Wildman–Crippen MR) is 84.0 cm³/mol. The quantitative estimate of drug-likeness (QED) is 0.935. The van der Waals surface area contributed by atoms with Crippen LogP contribution < -0.4 is 5.73 Å². The van der Waals surface area contributed by atoms with Gasteiger partial charge in [0.25, 0.3) is 0 Å². The first-order valence-corrected chi connectivity index (χ1v) is 7.17. The third-order valence-electron chi connectivity index (χ3n) is 3.13. The normalized spacial score (nSPS) is 11.9. The minimum atomic E-state index is -0.614. The molecule has 1 atom stereocenters. The van der Waals surface area contributed by atoms with Crippen LogP contribution in [0.25, 0.3) is 0 Å². The van der Waals surface area contributed by atoms with Gasteiger partial charge in [-0.15, -0.1) is 0 Å². The summed E-state index contributed by atoms with van der Waals surface area (Å²) in [6.45, 7) is 0.548. The summed E-state index contributed by atoms with van der Waals surface area (Å²) in [6, 6.07) is 16.7. The van der Waals surface area contributed by atoms with Crippen LogP contribution in [-0.2, 0) is 11.3 Å². The Morgan fingerprint density at radius 3 is 2.35 bits per heavy atom. The van der Waals surface area contributed by atoms with Gasteiger partial charge in [0.15, 0.2) is 0 Å². The Morgan fingerprint density at radius 1 is 1.15 bits per heavy atom. The number of benzene rings is 2. The summed E-state index contributed by atoms with van der Waals surface area (Å²) in [5, 5.41) is 0. The molecule has 0 radical (unpaired) electrons. The molecule has 0 unspecified atom stereocenters. The molecule has 20 heavy (non-hydrogen) atoms. The highest BCUT2D eigenvalue weighted by Gasteiger charge is 2.19. The third kappa shape index (κ3) is 3.68. The summed E-state index contributed by atoms with van der Waals surface area (Å²) in [5.74, 6) is -0.0841. The number of amides is 1. The van der Waals surface area contributed by atoms with Gasteiger partial charge in [0, 0.05) is 18.1 Å². The van der Waals surface area contributed by atoms with E-state index in [1.54, 1.807) is 11.9 Å². The van der Waals surface area contributed by atoms with E-state index in [0.717, 1.165) is 15.6 Å². The SMILES string of the molecule is CN(Cc1ccc(Br)cc1)C(=O)[C@@H](N)c1ccccc1. The lowest BCUT2D eigenvalue weighted by Gasteiger charge is -2.21. The number of hydrogen-bond donors (Lipinski definition) is 1. The highest BCUT2D eigenvalue weighted by molar-refractivity contribution is 9.10. The maximum Gasteiger partial charge on any atom is 0.244 e. The van der Waals surface area contributed by atoms with Crippen molar-refractivity contribution in [2.75, 3.05) is 7.05 Å². The molecule has 0 saturated carbocycles. The van der Waals surface area contributed by atoms with E-state index in [1.165, 1.54) is 0 Å². The Labute approximate surface area is 127 Å². The minimum absolute atomic E-state index is 0.0841. The van der Waals surface area contributed by atoms with Crippen molar-refractivity contribution in [3.8, 4) is 0 Å². The summed E-state index contributed by atoms with van der Waals surface area (Å²) in [4.78, 5) is 14.0. The number of carbonyl (C=O) groups is 1. The fraction of sp³-hybridized carbons (Fsp3) is 0.188. The van der Waals surface area contributed by atoms with Gasteiger partial charge in [-0.3, -0.25) is 4.79 Å². The molecule has 0 bridgehead atoms. The van der Waals surface area contributed by atoms with Crippen molar-refractivity contribution in [1.29, 1.82) is 0 Å².